The first-order chi connectivity index (χ1) is 8.31. The average Bonchev–Trinajstić information content (AvgIpc) is 3.01. The van der Waals surface area contributed by atoms with Crippen molar-refractivity contribution in [3.8, 4) is 0 Å². The molecule has 2 fully saturated rings. The summed E-state index contributed by atoms with van der Waals surface area (Å²) in [5.41, 5.74) is 0. The summed E-state index contributed by atoms with van der Waals surface area (Å²) in [5, 5.41) is 0. The smallest absolute Gasteiger partial charge is 0.306 e. The minimum absolute atomic E-state index is 0.0263. The number of ether oxygens (including phenoxy) is 2. The topological polar surface area (TPSA) is 38.8 Å². The Bertz CT molecular complexity index is 252. The predicted octanol–water partition coefficient (Wildman–Crippen LogP) is 3.21. The quantitative estimate of drug-likeness (QED) is 0.371. The van der Waals surface area contributed by atoms with Gasteiger partial charge in [0.25, 0.3) is 0 Å². The van der Waals surface area contributed by atoms with Gasteiger partial charge >= 0.3 is 5.97 Å². The molecule has 0 N–H and O–H groups in total. The monoisotopic (exact) mass is 240 g/mol. The van der Waals surface area contributed by atoms with Crippen molar-refractivity contribution >= 4 is 5.97 Å². The van der Waals surface area contributed by atoms with Crippen molar-refractivity contribution in [2.75, 3.05) is 0 Å². The Kier molecular flexibility index (Phi) is 4.84. The Morgan fingerprint density at radius 2 is 1.94 bits per heavy atom. The van der Waals surface area contributed by atoms with E-state index in [0.717, 1.165) is 25.7 Å². The highest BCUT2D eigenvalue weighted by Gasteiger charge is 2.52. The highest BCUT2D eigenvalue weighted by Crippen LogP contribution is 2.40. The number of esters is 1. The Balaban J connectivity index is 1.46. The number of unbranched alkanes of at least 4 members (excludes halogenated alkanes) is 5. The summed E-state index contributed by atoms with van der Waals surface area (Å²) in [4.78, 5) is 11.6. The maximum atomic E-state index is 11.6. The van der Waals surface area contributed by atoms with Gasteiger partial charge in [0.05, 0.1) is 6.10 Å². The van der Waals surface area contributed by atoms with Gasteiger partial charge in [-0.2, -0.15) is 0 Å². The van der Waals surface area contributed by atoms with E-state index in [2.05, 4.69) is 6.92 Å². The van der Waals surface area contributed by atoms with Crippen molar-refractivity contribution in [1.82, 2.24) is 0 Å². The van der Waals surface area contributed by atoms with Gasteiger partial charge in [-0.15, -0.1) is 0 Å². The average molecular weight is 240 g/mol. The molecule has 1 heterocycles. The first-order valence-electron chi connectivity index (χ1n) is 7.16. The molecule has 0 aromatic carbocycles. The molecule has 98 valence electrons. The molecule has 3 heteroatoms. The van der Waals surface area contributed by atoms with Crippen molar-refractivity contribution in [1.29, 1.82) is 0 Å². The molecule has 1 aliphatic carbocycles. The number of carbonyl (C=O) groups excluding carboxylic acids is 1. The van der Waals surface area contributed by atoms with Crippen LogP contribution < -0.4 is 0 Å². The number of fused-ring (bicyclic) bond motifs is 1. The Hall–Kier alpha value is -0.570. The van der Waals surface area contributed by atoms with Crippen LogP contribution in [0.25, 0.3) is 0 Å². The second kappa shape index (κ2) is 6.39. The van der Waals surface area contributed by atoms with E-state index in [9.17, 15) is 4.79 Å². The Morgan fingerprint density at radius 1 is 1.18 bits per heavy atom. The molecule has 0 radical (unpaired) electrons. The molecule has 1 saturated carbocycles. The van der Waals surface area contributed by atoms with Crippen LogP contribution in [-0.4, -0.2) is 24.3 Å². The molecule has 0 bridgehead atoms. The molecule has 0 spiro atoms. The summed E-state index contributed by atoms with van der Waals surface area (Å²) in [5.74, 6) is -0.0263. The minimum Gasteiger partial charge on any atom is -0.459 e. The third-order valence-electron chi connectivity index (χ3n) is 3.74. The zero-order valence-electron chi connectivity index (χ0n) is 10.8. The lowest BCUT2D eigenvalue weighted by Gasteiger charge is -2.12. The van der Waals surface area contributed by atoms with Crippen molar-refractivity contribution in [3.05, 3.63) is 0 Å². The molecule has 1 saturated heterocycles. The normalized spacial score (nSPS) is 30.1. The van der Waals surface area contributed by atoms with E-state index in [1.807, 2.05) is 0 Å². The van der Waals surface area contributed by atoms with Crippen LogP contribution in [0.5, 0.6) is 0 Å². The van der Waals surface area contributed by atoms with Crippen molar-refractivity contribution in [2.24, 2.45) is 0 Å². The second-order valence-electron chi connectivity index (χ2n) is 5.26. The van der Waals surface area contributed by atoms with E-state index < -0.39 is 0 Å². The van der Waals surface area contributed by atoms with Crippen molar-refractivity contribution < 1.29 is 14.3 Å². The van der Waals surface area contributed by atoms with Gasteiger partial charge in [0, 0.05) is 6.42 Å². The fourth-order valence-electron chi connectivity index (χ4n) is 2.61. The molecular weight excluding hydrogens is 216 g/mol. The molecule has 0 aromatic heterocycles. The highest BCUT2D eigenvalue weighted by atomic mass is 16.6. The predicted molar refractivity (Wildman–Crippen MR) is 65.8 cm³/mol. The lowest BCUT2D eigenvalue weighted by atomic mass is 10.1. The first-order valence-corrected chi connectivity index (χ1v) is 7.16. The maximum Gasteiger partial charge on any atom is 0.306 e. The zero-order valence-corrected chi connectivity index (χ0v) is 10.8. The minimum atomic E-state index is -0.0263. The lowest BCUT2D eigenvalue weighted by Crippen LogP contribution is -2.20. The summed E-state index contributed by atoms with van der Waals surface area (Å²) in [6.45, 7) is 2.21. The van der Waals surface area contributed by atoms with Gasteiger partial charge in [0.1, 0.15) is 12.2 Å². The van der Waals surface area contributed by atoms with Gasteiger partial charge in [-0.3, -0.25) is 4.79 Å². The van der Waals surface area contributed by atoms with E-state index in [0.29, 0.717) is 12.5 Å². The summed E-state index contributed by atoms with van der Waals surface area (Å²) in [6, 6.07) is 0. The highest BCUT2D eigenvalue weighted by molar-refractivity contribution is 5.69. The largest absolute Gasteiger partial charge is 0.459 e. The van der Waals surface area contributed by atoms with Gasteiger partial charge in [0.15, 0.2) is 0 Å². The Labute approximate surface area is 104 Å². The fourth-order valence-corrected chi connectivity index (χ4v) is 2.61. The third-order valence-corrected chi connectivity index (χ3v) is 3.74. The number of epoxide rings is 1. The Morgan fingerprint density at radius 3 is 2.59 bits per heavy atom. The van der Waals surface area contributed by atoms with Crippen LogP contribution in [0.15, 0.2) is 0 Å². The van der Waals surface area contributed by atoms with E-state index >= 15 is 0 Å². The van der Waals surface area contributed by atoms with Crippen LogP contribution in [0, 0.1) is 0 Å². The zero-order chi connectivity index (χ0) is 12.1. The van der Waals surface area contributed by atoms with E-state index in [4.69, 9.17) is 9.47 Å². The summed E-state index contributed by atoms with van der Waals surface area (Å²) < 4.78 is 10.8. The summed E-state index contributed by atoms with van der Waals surface area (Å²) in [6.07, 6.45) is 10.6. The molecule has 2 rings (SSSR count). The lowest BCUT2D eigenvalue weighted by molar-refractivity contribution is -0.150. The van der Waals surface area contributed by atoms with Gasteiger partial charge in [-0.05, 0) is 19.3 Å². The van der Waals surface area contributed by atoms with E-state index in [1.165, 1.54) is 25.7 Å². The van der Waals surface area contributed by atoms with E-state index in [1.54, 1.807) is 0 Å². The molecule has 3 nitrogen and oxygen atoms in total. The number of hydrogen-bond donors (Lipinski definition) is 0. The van der Waals surface area contributed by atoms with Crippen LogP contribution in [-0.2, 0) is 14.3 Å². The van der Waals surface area contributed by atoms with Crippen molar-refractivity contribution in [3.63, 3.8) is 0 Å². The van der Waals surface area contributed by atoms with Gasteiger partial charge in [0.2, 0.25) is 0 Å². The van der Waals surface area contributed by atoms with Crippen LogP contribution in [0.1, 0.15) is 64.7 Å². The molecule has 17 heavy (non-hydrogen) atoms. The number of hydrogen-bond acceptors (Lipinski definition) is 3. The molecule has 2 aliphatic rings. The first kappa shape index (κ1) is 12.9. The van der Waals surface area contributed by atoms with Crippen LogP contribution >= 0.6 is 0 Å². The third kappa shape index (κ3) is 3.98. The summed E-state index contributed by atoms with van der Waals surface area (Å²) >= 11 is 0. The molecule has 0 aromatic rings. The second-order valence-corrected chi connectivity index (χ2v) is 5.26. The molecule has 1 aliphatic heterocycles. The SMILES string of the molecule is CCCCCCCCC(=O)OC1CCC2OC12. The van der Waals surface area contributed by atoms with Crippen LogP contribution in [0.3, 0.4) is 0 Å². The van der Waals surface area contributed by atoms with E-state index in [-0.39, 0.29) is 18.2 Å². The number of rotatable bonds is 8. The van der Waals surface area contributed by atoms with Gasteiger partial charge < -0.3 is 9.47 Å². The molecule has 0 amide bonds. The van der Waals surface area contributed by atoms with Crippen molar-refractivity contribution in [2.45, 2.75) is 83.0 Å². The maximum absolute atomic E-state index is 11.6. The van der Waals surface area contributed by atoms with Gasteiger partial charge in [-0.25, -0.2) is 0 Å². The van der Waals surface area contributed by atoms with Crippen LogP contribution in [0.4, 0.5) is 0 Å². The number of carbonyl (C=O) groups is 1. The van der Waals surface area contributed by atoms with Gasteiger partial charge in [-0.1, -0.05) is 39.0 Å². The standard InChI is InChI=1S/C14H24O3/c1-2-3-4-5-6-7-8-13(15)16-11-9-10-12-14(11)17-12/h11-12,14H,2-10H2,1H3. The molecular formula is C14H24O3. The summed E-state index contributed by atoms with van der Waals surface area (Å²) in [7, 11) is 0. The fraction of sp³-hybridized carbons (Fsp3) is 0.929. The molecule has 3 atom stereocenters. The van der Waals surface area contributed by atoms with Crippen LogP contribution in [0.2, 0.25) is 0 Å². The molecule has 3 unspecified atom stereocenters.